The standard InChI is InChI=1S/C24H42O3Si/c1-24(2,3)28(5,6)27-23-10-8-7-9-20(15-18-23)11-12-21-13-16-22(17-14-21)26-19-25-4/h13-14,16-17,20,23H,7-12,15,18-19H2,1-6H3. The van der Waals surface area contributed by atoms with Gasteiger partial charge < -0.3 is 13.9 Å². The number of rotatable bonds is 8. The zero-order chi connectivity index (χ0) is 20.6. The van der Waals surface area contributed by atoms with Gasteiger partial charge in [0.1, 0.15) is 5.75 Å². The molecule has 0 spiro atoms. The Morgan fingerprint density at radius 2 is 1.64 bits per heavy atom. The maximum atomic E-state index is 6.75. The van der Waals surface area contributed by atoms with Crippen molar-refractivity contribution < 1.29 is 13.9 Å². The van der Waals surface area contributed by atoms with E-state index in [1.807, 2.05) is 0 Å². The Hall–Kier alpha value is -0.843. The zero-order valence-corrected chi connectivity index (χ0v) is 20.1. The van der Waals surface area contributed by atoms with E-state index in [0.717, 1.165) is 18.1 Å². The molecular weight excluding hydrogens is 364 g/mol. The summed E-state index contributed by atoms with van der Waals surface area (Å²) in [4.78, 5) is 0. The molecule has 0 amide bonds. The first-order chi connectivity index (χ1) is 13.2. The maximum Gasteiger partial charge on any atom is 0.192 e. The maximum absolute atomic E-state index is 6.75. The number of methoxy groups -OCH3 is 1. The monoisotopic (exact) mass is 406 g/mol. The van der Waals surface area contributed by atoms with Gasteiger partial charge in [-0.25, -0.2) is 0 Å². The van der Waals surface area contributed by atoms with Crippen LogP contribution in [0.4, 0.5) is 0 Å². The number of hydrogen-bond acceptors (Lipinski definition) is 3. The van der Waals surface area contributed by atoms with E-state index < -0.39 is 8.32 Å². The van der Waals surface area contributed by atoms with Crippen LogP contribution < -0.4 is 4.74 Å². The summed E-state index contributed by atoms with van der Waals surface area (Å²) in [5.41, 5.74) is 1.40. The van der Waals surface area contributed by atoms with Gasteiger partial charge in [0.25, 0.3) is 0 Å². The van der Waals surface area contributed by atoms with Gasteiger partial charge in [0, 0.05) is 13.2 Å². The van der Waals surface area contributed by atoms with Crippen LogP contribution in [0.25, 0.3) is 0 Å². The minimum Gasteiger partial charge on any atom is -0.468 e. The van der Waals surface area contributed by atoms with Crippen molar-refractivity contribution in [3.05, 3.63) is 29.8 Å². The molecule has 0 aliphatic heterocycles. The molecule has 0 bridgehead atoms. The first-order valence-corrected chi connectivity index (χ1v) is 14.0. The van der Waals surface area contributed by atoms with Crippen molar-refractivity contribution in [1.29, 1.82) is 0 Å². The summed E-state index contributed by atoms with van der Waals surface area (Å²) >= 11 is 0. The average Bonchev–Trinajstić information content (AvgIpc) is 2.62. The molecule has 1 aliphatic rings. The van der Waals surface area contributed by atoms with Crippen LogP contribution in [0.1, 0.15) is 71.3 Å². The third-order valence-electron chi connectivity index (χ3n) is 6.66. The van der Waals surface area contributed by atoms with E-state index in [1.54, 1.807) is 7.11 Å². The van der Waals surface area contributed by atoms with Crippen LogP contribution in [0.5, 0.6) is 5.75 Å². The summed E-state index contributed by atoms with van der Waals surface area (Å²) < 4.78 is 17.2. The van der Waals surface area contributed by atoms with Gasteiger partial charge in [-0.1, -0.05) is 52.2 Å². The fraction of sp³-hybridized carbons (Fsp3) is 0.750. The van der Waals surface area contributed by atoms with Gasteiger partial charge in [0.05, 0.1) is 0 Å². The van der Waals surface area contributed by atoms with Crippen LogP contribution in [0.3, 0.4) is 0 Å². The second-order valence-corrected chi connectivity index (χ2v) is 14.7. The predicted octanol–water partition coefficient (Wildman–Crippen LogP) is 6.96. The van der Waals surface area contributed by atoms with Gasteiger partial charge in [-0.3, -0.25) is 0 Å². The molecule has 28 heavy (non-hydrogen) atoms. The summed E-state index contributed by atoms with van der Waals surface area (Å²) in [5, 5.41) is 0.300. The van der Waals surface area contributed by atoms with Gasteiger partial charge in [0.15, 0.2) is 15.1 Å². The first kappa shape index (κ1) is 23.4. The van der Waals surface area contributed by atoms with E-state index in [0.29, 0.717) is 17.9 Å². The molecule has 4 heteroatoms. The highest BCUT2D eigenvalue weighted by Crippen LogP contribution is 2.39. The molecule has 2 atom stereocenters. The molecule has 1 aromatic carbocycles. The highest BCUT2D eigenvalue weighted by atomic mass is 28.4. The molecule has 2 unspecified atom stereocenters. The molecule has 2 rings (SSSR count). The lowest BCUT2D eigenvalue weighted by atomic mass is 9.86. The minimum absolute atomic E-state index is 0.300. The van der Waals surface area contributed by atoms with Crippen LogP contribution in [0, 0.1) is 5.92 Å². The molecule has 0 N–H and O–H groups in total. The Labute approximate surface area is 174 Å². The van der Waals surface area contributed by atoms with E-state index in [-0.39, 0.29) is 0 Å². The Bertz CT molecular complexity index is 562. The SMILES string of the molecule is COCOc1ccc(CCC2CCCCC(O[Si](C)(C)C(C)(C)C)CC2)cc1. The molecule has 3 nitrogen and oxygen atoms in total. The van der Waals surface area contributed by atoms with Crippen molar-refractivity contribution in [3.63, 3.8) is 0 Å². The van der Waals surface area contributed by atoms with Gasteiger partial charge >= 0.3 is 0 Å². The Morgan fingerprint density at radius 1 is 0.964 bits per heavy atom. The van der Waals surface area contributed by atoms with E-state index in [1.165, 1.54) is 50.5 Å². The van der Waals surface area contributed by atoms with Crippen LogP contribution in [0.15, 0.2) is 24.3 Å². The lowest BCUT2D eigenvalue weighted by molar-refractivity contribution is 0.0511. The lowest BCUT2D eigenvalue weighted by Crippen LogP contribution is -2.44. The quantitative estimate of drug-likeness (QED) is 0.345. The average molecular weight is 407 g/mol. The van der Waals surface area contributed by atoms with Crippen molar-refractivity contribution >= 4 is 8.32 Å². The number of ether oxygens (including phenoxy) is 2. The second kappa shape index (κ2) is 10.8. The van der Waals surface area contributed by atoms with E-state index in [4.69, 9.17) is 13.9 Å². The number of benzene rings is 1. The number of hydrogen-bond donors (Lipinski definition) is 0. The smallest absolute Gasteiger partial charge is 0.192 e. The Morgan fingerprint density at radius 3 is 2.29 bits per heavy atom. The molecule has 160 valence electrons. The molecule has 0 aromatic heterocycles. The van der Waals surface area contributed by atoms with Crippen molar-refractivity contribution in [2.24, 2.45) is 5.92 Å². The van der Waals surface area contributed by atoms with E-state index >= 15 is 0 Å². The summed E-state index contributed by atoms with van der Waals surface area (Å²) in [6.45, 7) is 12.1. The minimum atomic E-state index is -1.66. The van der Waals surface area contributed by atoms with Crippen LogP contribution in [-0.2, 0) is 15.6 Å². The topological polar surface area (TPSA) is 27.7 Å². The molecule has 1 aliphatic carbocycles. The molecular formula is C24H42O3Si. The zero-order valence-electron chi connectivity index (χ0n) is 19.1. The van der Waals surface area contributed by atoms with Crippen LogP contribution in [-0.4, -0.2) is 28.3 Å². The van der Waals surface area contributed by atoms with Crippen molar-refractivity contribution in [2.75, 3.05) is 13.9 Å². The van der Waals surface area contributed by atoms with E-state index in [2.05, 4.69) is 58.1 Å². The third kappa shape index (κ3) is 7.53. The fourth-order valence-corrected chi connectivity index (χ4v) is 5.19. The third-order valence-corrected chi connectivity index (χ3v) is 11.2. The Balaban J connectivity index is 1.82. The van der Waals surface area contributed by atoms with Gasteiger partial charge in [-0.15, -0.1) is 0 Å². The van der Waals surface area contributed by atoms with Crippen molar-refractivity contribution in [1.82, 2.24) is 0 Å². The van der Waals surface area contributed by atoms with Crippen molar-refractivity contribution in [3.8, 4) is 5.75 Å². The summed E-state index contributed by atoms with van der Waals surface area (Å²) in [6.07, 6.45) is 10.8. The molecule has 1 fully saturated rings. The molecule has 1 aromatic rings. The molecule has 0 radical (unpaired) electrons. The number of aryl methyl sites for hydroxylation is 1. The van der Waals surface area contributed by atoms with Gasteiger partial charge in [-0.05, 0) is 73.9 Å². The van der Waals surface area contributed by atoms with Crippen molar-refractivity contribution in [2.45, 2.75) is 96.4 Å². The van der Waals surface area contributed by atoms with Gasteiger partial charge in [0.2, 0.25) is 0 Å². The highest BCUT2D eigenvalue weighted by molar-refractivity contribution is 6.74. The fourth-order valence-electron chi connectivity index (χ4n) is 3.77. The lowest BCUT2D eigenvalue weighted by Gasteiger charge is -2.40. The molecule has 0 heterocycles. The predicted molar refractivity (Wildman–Crippen MR) is 121 cm³/mol. The Kier molecular flexibility index (Phi) is 9.04. The van der Waals surface area contributed by atoms with Crippen LogP contribution >= 0.6 is 0 Å². The summed E-state index contributed by atoms with van der Waals surface area (Å²) in [6, 6.07) is 8.49. The second-order valence-electron chi connectivity index (χ2n) is 9.96. The molecule has 0 saturated heterocycles. The normalized spacial score (nSPS) is 21.8. The van der Waals surface area contributed by atoms with Crippen LogP contribution in [0.2, 0.25) is 18.1 Å². The summed E-state index contributed by atoms with van der Waals surface area (Å²) in [7, 11) is -0.0161. The first-order valence-electron chi connectivity index (χ1n) is 11.1. The van der Waals surface area contributed by atoms with Gasteiger partial charge in [-0.2, -0.15) is 0 Å². The van der Waals surface area contributed by atoms with E-state index in [9.17, 15) is 0 Å². The highest BCUT2D eigenvalue weighted by Gasteiger charge is 2.39. The summed E-state index contributed by atoms with van der Waals surface area (Å²) in [5.74, 6) is 1.71. The molecule has 1 saturated carbocycles. The largest absolute Gasteiger partial charge is 0.468 e.